The highest BCUT2D eigenvalue weighted by Gasteiger charge is 2.29. The third-order valence-electron chi connectivity index (χ3n) is 3.65. The maximum Gasteiger partial charge on any atom is 0.269 e. The van der Waals surface area contributed by atoms with Crippen molar-refractivity contribution in [1.82, 2.24) is 0 Å². The molecule has 0 bridgehead atoms. The molecule has 6 heteroatoms. The second-order valence-electron chi connectivity index (χ2n) is 5.60. The molecule has 2 aromatic rings. The predicted octanol–water partition coefficient (Wildman–Crippen LogP) is 4.04. The highest BCUT2D eigenvalue weighted by Crippen LogP contribution is 2.32. The van der Waals surface area contributed by atoms with Crippen LogP contribution in [0.2, 0.25) is 0 Å². The fraction of sp³-hybridized carbons (Fsp3) is 0.235. The molecule has 0 aliphatic heterocycles. The molecule has 0 spiro atoms. The van der Waals surface area contributed by atoms with E-state index < -0.39 is 4.92 Å². The molecule has 1 N–H and O–H groups in total. The summed E-state index contributed by atoms with van der Waals surface area (Å²) >= 11 is 0. The van der Waals surface area contributed by atoms with Gasteiger partial charge in [0, 0.05) is 29.8 Å². The van der Waals surface area contributed by atoms with E-state index in [2.05, 4.69) is 5.32 Å². The summed E-state index contributed by atoms with van der Waals surface area (Å²) in [7, 11) is 0. The number of rotatable bonds is 5. The number of carbonyl (C=O) groups excluding carboxylic acids is 1. The minimum atomic E-state index is -0.440. The Bertz CT molecular complexity index is 769. The Labute approximate surface area is 133 Å². The summed E-state index contributed by atoms with van der Waals surface area (Å²) in [5.41, 5.74) is 1.38. The highest BCUT2D eigenvalue weighted by atomic mass is 16.6. The van der Waals surface area contributed by atoms with Crippen molar-refractivity contribution in [1.29, 1.82) is 0 Å². The first-order valence-corrected chi connectivity index (χ1v) is 7.37. The number of nitrogens with zero attached hydrogens (tertiary/aromatic N) is 1. The predicted molar refractivity (Wildman–Crippen MR) is 85.7 cm³/mol. The number of nitrogens with one attached hydrogen (secondary N) is 1. The van der Waals surface area contributed by atoms with E-state index in [1.54, 1.807) is 37.3 Å². The SMILES string of the molecule is Cc1cc([N+](=O)[O-])ccc1Oc1cccc(NC(=O)C2CC2)c1. The Morgan fingerprint density at radius 2 is 2.04 bits per heavy atom. The molecule has 1 aliphatic rings. The molecule has 2 aromatic carbocycles. The molecule has 0 heterocycles. The smallest absolute Gasteiger partial charge is 0.269 e. The number of non-ortho nitro benzene ring substituents is 1. The van der Waals surface area contributed by atoms with E-state index in [4.69, 9.17) is 4.74 Å². The molecule has 6 nitrogen and oxygen atoms in total. The molecule has 0 atom stereocenters. The third-order valence-corrected chi connectivity index (χ3v) is 3.65. The minimum absolute atomic E-state index is 0.0281. The summed E-state index contributed by atoms with van der Waals surface area (Å²) in [5, 5.41) is 13.6. The van der Waals surface area contributed by atoms with Crippen LogP contribution in [0.1, 0.15) is 18.4 Å². The maximum absolute atomic E-state index is 11.8. The molecule has 3 rings (SSSR count). The third kappa shape index (κ3) is 3.66. The van der Waals surface area contributed by atoms with Gasteiger partial charge in [-0.25, -0.2) is 0 Å². The van der Waals surface area contributed by atoms with Crippen LogP contribution in [-0.2, 0) is 4.79 Å². The molecule has 118 valence electrons. The lowest BCUT2D eigenvalue weighted by molar-refractivity contribution is -0.384. The number of hydrogen-bond acceptors (Lipinski definition) is 4. The van der Waals surface area contributed by atoms with Crippen LogP contribution in [0.25, 0.3) is 0 Å². The van der Waals surface area contributed by atoms with Crippen LogP contribution in [0.15, 0.2) is 42.5 Å². The number of aryl methyl sites for hydroxylation is 1. The number of ether oxygens (including phenoxy) is 1. The van der Waals surface area contributed by atoms with E-state index >= 15 is 0 Å². The van der Waals surface area contributed by atoms with Crippen LogP contribution in [-0.4, -0.2) is 10.8 Å². The lowest BCUT2D eigenvalue weighted by Gasteiger charge is -2.10. The van der Waals surface area contributed by atoms with Gasteiger partial charge in [-0.2, -0.15) is 0 Å². The Morgan fingerprint density at radius 3 is 2.70 bits per heavy atom. The second kappa shape index (κ2) is 6.08. The van der Waals surface area contributed by atoms with Gasteiger partial charge in [0.2, 0.25) is 5.91 Å². The molecule has 1 aliphatic carbocycles. The van der Waals surface area contributed by atoms with Crippen LogP contribution < -0.4 is 10.1 Å². The molecule has 1 amide bonds. The van der Waals surface area contributed by atoms with Crippen molar-refractivity contribution in [3.05, 3.63) is 58.1 Å². The summed E-state index contributed by atoms with van der Waals surface area (Å²) < 4.78 is 5.77. The van der Waals surface area contributed by atoms with Gasteiger partial charge >= 0.3 is 0 Å². The van der Waals surface area contributed by atoms with E-state index in [9.17, 15) is 14.9 Å². The Hall–Kier alpha value is -2.89. The molecule has 0 aromatic heterocycles. The van der Waals surface area contributed by atoms with Gasteiger partial charge in [-0.15, -0.1) is 0 Å². The van der Waals surface area contributed by atoms with Crippen LogP contribution in [0.3, 0.4) is 0 Å². The van der Waals surface area contributed by atoms with Gasteiger partial charge in [-0.3, -0.25) is 14.9 Å². The first-order valence-electron chi connectivity index (χ1n) is 7.37. The van der Waals surface area contributed by atoms with Crippen LogP contribution in [0, 0.1) is 23.0 Å². The molecular weight excluding hydrogens is 296 g/mol. The molecule has 1 fully saturated rings. The monoisotopic (exact) mass is 312 g/mol. The zero-order valence-electron chi connectivity index (χ0n) is 12.6. The quantitative estimate of drug-likeness (QED) is 0.667. The summed E-state index contributed by atoms with van der Waals surface area (Å²) in [6.45, 7) is 1.75. The molecule has 23 heavy (non-hydrogen) atoms. The van der Waals surface area contributed by atoms with Gasteiger partial charge in [0.25, 0.3) is 5.69 Å². The minimum Gasteiger partial charge on any atom is -0.457 e. The number of carbonyl (C=O) groups is 1. The lowest BCUT2D eigenvalue weighted by atomic mass is 10.2. The van der Waals surface area contributed by atoms with E-state index in [1.807, 2.05) is 0 Å². The second-order valence-corrected chi connectivity index (χ2v) is 5.60. The van der Waals surface area contributed by atoms with Gasteiger partial charge < -0.3 is 10.1 Å². The summed E-state index contributed by atoms with van der Waals surface area (Å²) in [6, 6.07) is 11.5. The van der Waals surface area contributed by atoms with E-state index in [1.165, 1.54) is 12.1 Å². The van der Waals surface area contributed by atoms with Crippen molar-refractivity contribution in [2.75, 3.05) is 5.32 Å². The van der Waals surface area contributed by atoms with Crippen molar-refractivity contribution in [3.63, 3.8) is 0 Å². The number of hydrogen-bond donors (Lipinski definition) is 1. The Kier molecular flexibility index (Phi) is 3.97. The number of anilines is 1. The number of benzene rings is 2. The normalized spacial score (nSPS) is 13.4. The Balaban J connectivity index is 1.74. The van der Waals surface area contributed by atoms with E-state index in [0.717, 1.165) is 12.8 Å². The standard InChI is InChI=1S/C17H16N2O4/c1-11-9-14(19(21)22)7-8-16(11)23-15-4-2-3-13(10-15)18-17(20)12-5-6-12/h2-4,7-10,12H,5-6H2,1H3,(H,18,20). The average Bonchev–Trinajstić information content (AvgIpc) is 3.34. The van der Waals surface area contributed by atoms with E-state index in [-0.39, 0.29) is 17.5 Å². The van der Waals surface area contributed by atoms with Crippen molar-refractivity contribution in [2.24, 2.45) is 5.92 Å². The Morgan fingerprint density at radius 1 is 1.26 bits per heavy atom. The van der Waals surface area contributed by atoms with Crippen molar-refractivity contribution in [3.8, 4) is 11.5 Å². The largest absolute Gasteiger partial charge is 0.457 e. The first-order chi connectivity index (χ1) is 11.0. The van der Waals surface area contributed by atoms with Gasteiger partial charge in [-0.05, 0) is 43.5 Å². The van der Waals surface area contributed by atoms with Crippen molar-refractivity contribution in [2.45, 2.75) is 19.8 Å². The fourth-order valence-corrected chi connectivity index (χ4v) is 2.22. The van der Waals surface area contributed by atoms with Gasteiger partial charge in [0.1, 0.15) is 11.5 Å². The van der Waals surface area contributed by atoms with Crippen molar-refractivity contribution >= 4 is 17.3 Å². The van der Waals surface area contributed by atoms with Crippen molar-refractivity contribution < 1.29 is 14.5 Å². The highest BCUT2D eigenvalue weighted by molar-refractivity contribution is 5.94. The lowest BCUT2D eigenvalue weighted by Crippen LogP contribution is -2.13. The van der Waals surface area contributed by atoms with Gasteiger partial charge in [0.05, 0.1) is 4.92 Å². The zero-order valence-corrected chi connectivity index (χ0v) is 12.6. The maximum atomic E-state index is 11.8. The summed E-state index contributed by atoms with van der Waals surface area (Å²) in [6.07, 6.45) is 1.90. The molecule has 1 saturated carbocycles. The molecule has 0 radical (unpaired) electrons. The molecule has 0 saturated heterocycles. The topological polar surface area (TPSA) is 81.5 Å². The average molecular weight is 312 g/mol. The van der Waals surface area contributed by atoms with Crippen LogP contribution in [0.4, 0.5) is 11.4 Å². The van der Waals surface area contributed by atoms with Crippen LogP contribution in [0.5, 0.6) is 11.5 Å². The first kappa shape index (κ1) is 15.0. The molecule has 0 unspecified atom stereocenters. The summed E-state index contributed by atoms with van der Waals surface area (Å²) in [5.74, 6) is 1.28. The fourth-order valence-electron chi connectivity index (χ4n) is 2.22. The number of amides is 1. The van der Waals surface area contributed by atoms with Gasteiger partial charge in [0.15, 0.2) is 0 Å². The number of nitro benzene ring substituents is 1. The number of nitro groups is 1. The van der Waals surface area contributed by atoms with Gasteiger partial charge in [-0.1, -0.05) is 6.07 Å². The summed E-state index contributed by atoms with van der Waals surface area (Å²) in [4.78, 5) is 22.1. The molecular formula is C17H16N2O4. The van der Waals surface area contributed by atoms with E-state index in [0.29, 0.717) is 22.7 Å². The van der Waals surface area contributed by atoms with Crippen LogP contribution >= 0.6 is 0 Å². The zero-order chi connectivity index (χ0) is 16.4.